The Morgan fingerprint density at radius 2 is 2.07 bits per heavy atom. The summed E-state index contributed by atoms with van der Waals surface area (Å²) < 4.78 is 3.37. The predicted octanol–water partition coefficient (Wildman–Crippen LogP) is 3.23. The van der Waals surface area contributed by atoms with Gasteiger partial charge in [-0.3, -0.25) is 14.2 Å². The molecule has 0 spiro atoms. The molecule has 0 aliphatic carbocycles. The number of amides is 1. The maximum atomic E-state index is 13.1. The Morgan fingerprint density at radius 1 is 1.28 bits per heavy atom. The fourth-order valence-electron chi connectivity index (χ4n) is 3.54. The van der Waals surface area contributed by atoms with Crippen LogP contribution in [0.1, 0.15) is 44.2 Å². The van der Waals surface area contributed by atoms with Crippen LogP contribution < -0.4 is 10.9 Å². The Morgan fingerprint density at radius 3 is 2.83 bits per heavy atom. The number of nitrogens with zero attached hydrogens (tertiary/aromatic N) is 4. The van der Waals surface area contributed by atoms with E-state index in [1.807, 2.05) is 31.2 Å². The monoisotopic (exact) mass is 411 g/mol. The molecule has 1 unspecified atom stereocenters. The third-order valence-electron chi connectivity index (χ3n) is 5.17. The van der Waals surface area contributed by atoms with E-state index in [0.29, 0.717) is 34.9 Å². The summed E-state index contributed by atoms with van der Waals surface area (Å²) >= 11 is 1.52. The first-order chi connectivity index (χ1) is 14.1. The van der Waals surface area contributed by atoms with Crippen LogP contribution in [-0.4, -0.2) is 37.5 Å². The summed E-state index contributed by atoms with van der Waals surface area (Å²) in [6.45, 7) is 4.85. The molecule has 0 saturated carbocycles. The molecule has 2 aromatic heterocycles. The van der Waals surface area contributed by atoms with Crippen molar-refractivity contribution in [2.24, 2.45) is 0 Å². The quantitative estimate of drug-likeness (QED) is 0.477. The van der Waals surface area contributed by atoms with Crippen molar-refractivity contribution in [2.75, 3.05) is 12.3 Å². The van der Waals surface area contributed by atoms with Gasteiger partial charge in [-0.25, -0.2) is 9.67 Å². The van der Waals surface area contributed by atoms with Crippen LogP contribution in [0.4, 0.5) is 0 Å². The number of carbonyl (C=O) groups excluding carboxylic acids is 1. The van der Waals surface area contributed by atoms with Gasteiger partial charge in [-0.2, -0.15) is 5.10 Å². The van der Waals surface area contributed by atoms with Crippen LogP contribution in [0, 0.1) is 6.92 Å². The lowest BCUT2D eigenvalue weighted by molar-refractivity contribution is -0.121. The summed E-state index contributed by atoms with van der Waals surface area (Å²) in [6, 6.07) is 7.77. The van der Waals surface area contributed by atoms with Gasteiger partial charge in [-0.15, -0.1) is 0 Å². The van der Waals surface area contributed by atoms with Crippen molar-refractivity contribution >= 4 is 28.7 Å². The zero-order chi connectivity index (χ0) is 20.4. The Hall–Kier alpha value is -2.61. The highest BCUT2D eigenvalue weighted by Crippen LogP contribution is 2.33. The first-order valence-electron chi connectivity index (χ1n) is 10.0. The number of aromatic nitrogens is 4. The molecule has 0 saturated heterocycles. The third kappa shape index (κ3) is 3.94. The zero-order valence-electron chi connectivity index (χ0n) is 16.7. The first-order valence-corrected chi connectivity index (χ1v) is 11.0. The summed E-state index contributed by atoms with van der Waals surface area (Å²) in [5.41, 5.74) is 2.46. The minimum Gasteiger partial charge on any atom is -0.356 e. The molecule has 1 atom stereocenters. The Balaban J connectivity index is 1.59. The van der Waals surface area contributed by atoms with E-state index in [1.165, 1.54) is 11.8 Å². The van der Waals surface area contributed by atoms with Gasteiger partial charge in [0.25, 0.3) is 5.56 Å². The number of rotatable bonds is 7. The number of hydrogen-bond acceptors (Lipinski definition) is 5. The number of aryl methyl sites for hydroxylation is 1. The molecule has 0 radical (unpaired) electrons. The highest BCUT2D eigenvalue weighted by molar-refractivity contribution is 7.99. The topological polar surface area (TPSA) is 81.8 Å². The van der Waals surface area contributed by atoms with Gasteiger partial charge in [0.15, 0.2) is 10.8 Å². The minimum atomic E-state index is -0.173. The van der Waals surface area contributed by atoms with Crippen molar-refractivity contribution in [3.05, 3.63) is 46.4 Å². The van der Waals surface area contributed by atoms with Crippen LogP contribution in [0.2, 0.25) is 0 Å². The van der Waals surface area contributed by atoms with E-state index in [4.69, 9.17) is 4.98 Å². The molecule has 8 heteroatoms. The zero-order valence-corrected chi connectivity index (χ0v) is 17.5. The third-order valence-corrected chi connectivity index (χ3v) is 6.27. The first kappa shape index (κ1) is 19.7. The van der Waals surface area contributed by atoms with Crippen LogP contribution in [-0.2, 0) is 4.79 Å². The second-order valence-corrected chi connectivity index (χ2v) is 8.41. The van der Waals surface area contributed by atoms with E-state index < -0.39 is 0 Å². The molecule has 7 nitrogen and oxygen atoms in total. The normalized spacial score (nSPS) is 15.6. The summed E-state index contributed by atoms with van der Waals surface area (Å²) in [5, 5.41) is 8.48. The molecule has 1 aliphatic heterocycles. The van der Waals surface area contributed by atoms with Crippen LogP contribution in [0.25, 0.3) is 16.7 Å². The van der Waals surface area contributed by atoms with Gasteiger partial charge in [0.1, 0.15) is 5.39 Å². The number of hydrogen-bond donors (Lipinski definition) is 1. The maximum absolute atomic E-state index is 13.1. The SMILES string of the molecule is CCCCCNC(=O)CC1CSc2nc3c(cnn3-c3ccc(C)cc3)c(=O)n21. The average Bonchev–Trinajstić information content (AvgIpc) is 3.31. The lowest BCUT2D eigenvalue weighted by Gasteiger charge is -2.13. The Kier molecular flexibility index (Phi) is 5.71. The molecule has 0 fully saturated rings. The van der Waals surface area contributed by atoms with E-state index in [-0.39, 0.29) is 17.5 Å². The lowest BCUT2D eigenvalue weighted by atomic mass is 10.2. The van der Waals surface area contributed by atoms with Gasteiger partial charge >= 0.3 is 0 Å². The molecule has 3 aromatic rings. The van der Waals surface area contributed by atoms with E-state index >= 15 is 0 Å². The molecule has 1 N–H and O–H groups in total. The number of fused-ring (bicyclic) bond motifs is 2. The van der Waals surface area contributed by atoms with E-state index in [2.05, 4.69) is 17.3 Å². The van der Waals surface area contributed by atoms with E-state index in [9.17, 15) is 9.59 Å². The standard InChI is InChI=1S/C21H25N5O2S/c1-3-4-5-10-22-18(27)11-16-13-29-21-24-19-17(20(28)25(16)21)12-23-26(19)15-8-6-14(2)7-9-15/h6-9,12,16H,3-5,10-11,13H2,1-2H3,(H,22,27). The molecule has 152 valence electrons. The van der Waals surface area contributed by atoms with Crippen molar-refractivity contribution in [3.8, 4) is 5.69 Å². The fraction of sp³-hybridized carbons (Fsp3) is 0.429. The highest BCUT2D eigenvalue weighted by atomic mass is 32.2. The second-order valence-electron chi connectivity index (χ2n) is 7.42. The van der Waals surface area contributed by atoms with E-state index in [0.717, 1.165) is 30.5 Å². The van der Waals surface area contributed by atoms with Gasteiger partial charge in [0.2, 0.25) is 5.91 Å². The molecule has 4 rings (SSSR count). The average molecular weight is 412 g/mol. The summed E-state index contributed by atoms with van der Waals surface area (Å²) in [4.78, 5) is 30.1. The van der Waals surface area contributed by atoms with Crippen molar-refractivity contribution in [3.63, 3.8) is 0 Å². The van der Waals surface area contributed by atoms with Gasteiger partial charge < -0.3 is 5.32 Å². The molecule has 0 bridgehead atoms. The van der Waals surface area contributed by atoms with Crippen molar-refractivity contribution in [2.45, 2.75) is 50.7 Å². The number of benzene rings is 1. The second kappa shape index (κ2) is 8.41. The van der Waals surface area contributed by atoms with Crippen LogP contribution >= 0.6 is 11.8 Å². The van der Waals surface area contributed by atoms with Gasteiger partial charge in [-0.1, -0.05) is 49.2 Å². The van der Waals surface area contributed by atoms with Gasteiger partial charge in [0, 0.05) is 18.7 Å². The van der Waals surface area contributed by atoms with Crippen LogP contribution in [0.3, 0.4) is 0 Å². The predicted molar refractivity (Wildman–Crippen MR) is 115 cm³/mol. The van der Waals surface area contributed by atoms with Crippen LogP contribution in [0.5, 0.6) is 0 Å². The Bertz CT molecular complexity index is 1090. The van der Waals surface area contributed by atoms with Crippen LogP contribution in [0.15, 0.2) is 40.4 Å². The molecule has 29 heavy (non-hydrogen) atoms. The molecule has 1 aromatic carbocycles. The maximum Gasteiger partial charge on any atom is 0.265 e. The van der Waals surface area contributed by atoms with Crippen molar-refractivity contribution in [1.82, 2.24) is 24.6 Å². The lowest BCUT2D eigenvalue weighted by Crippen LogP contribution is -2.31. The largest absolute Gasteiger partial charge is 0.356 e. The Labute approximate surface area is 173 Å². The smallest absolute Gasteiger partial charge is 0.265 e. The summed E-state index contributed by atoms with van der Waals surface area (Å²) in [6.07, 6.45) is 5.08. The van der Waals surface area contributed by atoms with Gasteiger partial charge in [-0.05, 0) is 25.5 Å². The minimum absolute atomic E-state index is 0.0121. The highest BCUT2D eigenvalue weighted by Gasteiger charge is 2.29. The van der Waals surface area contributed by atoms with Crippen molar-refractivity contribution < 1.29 is 4.79 Å². The number of unbranched alkanes of at least 4 members (excludes halogenated alkanes) is 2. The van der Waals surface area contributed by atoms with Crippen molar-refractivity contribution in [1.29, 1.82) is 0 Å². The number of carbonyl (C=O) groups is 1. The molecule has 1 amide bonds. The summed E-state index contributed by atoms with van der Waals surface area (Å²) in [5.74, 6) is 0.664. The fourth-order valence-corrected chi connectivity index (χ4v) is 4.68. The molecule has 3 heterocycles. The van der Waals surface area contributed by atoms with Gasteiger partial charge in [0.05, 0.1) is 17.9 Å². The molecular weight excluding hydrogens is 386 g/mol. The van der Waals surface area contributed by atoms with E-state index in [1.54, 1.807) is 15.4 Å². The number of nitrogens with one attached hydrogen (secondary N) is 1. The number of thioether (sulfide) groups is 1. The summed E-state index contributed by atoms with van der Waals surface area (Å²) in [7, 11) is 0. The molecular formula is C21H25N5O2S. The molecule has 1 aliphatic rings.